The highest BCUT2D eigenvalue weighted by atomic mass is 28.4. The first kappa shape index (κ1) is 55.5. The van der Waals surface area contributed by atoms with Crippen molar-refractivity contribution < 1.29 is 51.9 Å². The quantitative estimate of drug-likeness (QED) is 0.182. The van der Waals surface area contributed by atoms with Gasteiger partial charge in [-0.25, -0.2) is 0 Å². The standard InChI is InChI=1S/C52H100O11Si3/c1-30(2)66(31(3)4,32(5)6)63-47-35(9)45-42(58-46-34(8)36(10)52(60-48(46)47)28-37(29-55-52)61-64(18,19)49(11,12)13)26-39-38(57-45)24-33(7)25-41-40(56-39)27-44(62-65(20,21)50(14,15)16)51(17,59-41)43(54)22-23-53/h30-48,53-54H,22-29H2,1-21H3/t33-,34+,35-,36+,37+,38+,39-,40+,41-,42+,43-,44-,45-,46-,47+,48-,51+,52-/m1/s1. The van der Waals surface area contributed by atoms with Gasteiger partial charge in [0.1, 0.15) is 11.7 Å². The van der Waals surface area contributed by atoms with Crippen LogP contribution in [0.5, 0.6) is 0 Å². The highest BCUT2D eigenvalue weighted by Gasteiger charge is 2.64. The van der Waals surface area contributed by atoms with Gasteiger partial charge in [-0.1, -0.05) is 111 Å². The Morgan fingerprint density at radius 3 is 1.73 bits per heavy atom. The molecule has 2 N–H and O–H groups in total. The summed E-state index contributed by atoms with van der Waals surface area (Å²) < 4.78 is 66.3. The Kier molecular flexibility index (Phi) is 16.7. The van der Waals surface area contributed by atoms with Crippen LogP contribution in [-0.4, -0.2) is 133 Å². The Morgan fingerprint density at radius 2 is 1.17 bits per heavy atom. The molecular formula is C52H100O11Si3. The first-order chi connectivity index (χ1) is 30.2. The number of rotatable bonds is 12. The van der Waals surface area contributed by atoms with Gasteiger partial charge in [-0.3, -0.25) is 0 Å². The first-order valence-electron chi connectivity index (χ1n) is 26.5. The molecule has 6 aliphatic rings. The zero-order chi connectivity index (χ0) is 49.5. The van der Waals surface area contributed by atoms with Crippen molar-refractivity contribution in [1.29, 1.82) is 0 Å². The molecule has 11 nitrogen and oxygen atoms in total. The molecule has 386 valence electrons. The van der Waals surface area contributed by atoms with Gasteiger partial charge in [-0.15, -0.1) is 0 Å². The lowest BCUT2D eigenvalue weighted by Gasteiger charge is -2.55. The maximum atomic E-state index is 11.7. The number of ether oxygens (including phenoxy) is 6. The average Bonchev–Trinajstić information content (AvgIpc) is 3.53. The molecule has 0 saturated carbocycles. The summed E-state index contributed by atoms with van der Waals surface area (Å²) in [5.74, 6) is -0.426. The summed E-state index contributed by atoms with van der Waals surface area (Å²) in [6.07, 6.45) is 0.260. The number of fused-ring (bicyclic) bond motifs is 4. The number of hydrogen-bond acceptors (Lipinski definition) is 11. The van der Waals surface area contributed by atoms with E-state index in [-0.39, 0.29) is 108 Å². The minimum Gasteiger partial charge on any atom is -0.411 e. The molecule has 0 aromatic heterocycles. The molecule has 66 heavy (non-hydrogen) atoms. The average molecular weight is 986 g/mol. The van der Waals surface area contributed by atoms with Gasteiger partial charge in [0.2, 0.25) is 8.32 Å². The maximum Gasteiger partial charge on any atom is 0.200 e. The van der Waals surface area contributed by atoms with E-state index in [1.807, 2.05) is 6.92 Å². The summed E-state index contributed by atoms with van der Waals surface area (Å²) in [6, 6.07) is 0. The molecule has 0 unspecified atom stereocenters. The Balaban J connectivity index is 1.35. The van der Waals surface area contributed by atoms with Gasteiger partial charge in [0, 0.05) is 37.7 Å². The Labute approximate surface area is 405 Å². The van der Waals surface area contributed by atoms with Crippen LogP contribution in [0.2, 0.25) is 52.9 Å². The molecule has 0 aromatic rings. The third-order valence-electron chi connectivity index (χ3n) is 19.1. The molecule has 0 amide bonds. The van der Waals surface area contributed by atoms with E-state index in [1.165, 1.54) is 0 Å². The van der Waals surface area contributed by atoms with Gasteiger partial charge in [-0.05, 0) is 90.9 Å². The van der Waals surface area contributed by atoms with Crippen molar-refractivity contribution in [2.24, 2.45) is 23.7 Å². The minimum absolute atomic E-state index is 0.0324. The second-order valence-electron chi connectivity index (χ2n) is 26.6. The Morgan fingerprint density at radius 1 is 0.636 bits per heavy atom. The number of hydrogen-bond donors (Lipinski definition) is 2. The molecule has 0 bridgehead atoms. The molecule has 18 atom stereocenters. The van der Waals surface area contributed by atoms with Gasteiger partial charge < -0.3 is 51.9 Å². The second-order valence-corrected chi connectivity index (χ2v) is 41.5. The Hall–Kier alpha value is 0.211. The van der Waals surface area contributed by atoms with Crippen LogP contribution >= 0.6 is 0 Å². The summed E-state index contributed by atoms with van der Waals surface area (Å²) in [6.45, 7) is 48.7. The zero-order valence-electron chi connectivity index (χ0n) is 45.7. The maximum absolute atomic E-state index is 11.7. The van der Waals surface area contributed by atoms with Crippen LogP contribution in [0.15, 0.2) is 0 Å². The van der Waals surface area contributed by atoms with Gasteiger partial charge >= 0.3 is 0 Å². The van der Waals surface area contributed by atoms with Crippen molar-refractivity contribution in [2.45, 2.75) is 294 Å². The predicted molar refractivity (Wildman–Crippen MR) is 270 cm³/mol. The van der Waals surface area contributed by atoms with Crippen LogP contribution in [0.4, 0.5) is 0 Å². The van der Waals surface area contributed by atoms with E-state index in [0.29, 0.717) is 42.5 Å². The molecule has 14 heteroatoms. The normalized spacial score (nSPS) is 42.4. The van der Waals surface area contributed by atoms with E-state index >= 15 is 0 Å². The fraction of sp³-hybridized carbons (Fsp3) is 1.00. The predicted octanol–water partition coefficient (Wildman–Crippen LogP) is 11.2. The van der Waals surface area contributed by atoms with Crippen molar-refractivity contribution >= 4 is 25.0 Å². The molecule has 6 fully saturated rings. The largest absolute Gasteiger partial charge is 0.411 e. The highest BCUT2D eigenvalue weighted by Crippen LogP contribution is 2.55. The zero-order valence-corrected chi connectivity index (χ0v) is 48.7. The van der Waals surface area contributed by atoms with E-state index < -0.39 is 48.5 Å². The molecule has 1 spiro atoms. The van der Waals surface area contributed by atoms with Crippen LogP contribution in [0.25, 0.3) is 0 Å². The van der Waals surface area contributed by atoms with Gasteiger partial charge in [0.05, 0.1) is 73.8 Å². The summed E-state index contributed by atoms with van der Waals surface area (Å²) >= 11 is 0. The van der Waals surface area contributed by atoms with Crippen LogP contribution < -0.4 is 0 Å². The minimum atomic E-state index is -2.44. The topological polar surface area (TPSA) is 124 Å². The number of aliphatic hydroxyl groups excluding tert-OH is 2. The molecular weight excluding hydrogens is 885 g/mol. The lowest BCUT2D eigenvalue weighted by molar-refractivity contribution is -0.338. The Bertz CT molecular complexity index is 1590. The fourth-order valence-corrected chi connectivity index (χ4v) is 21.2. The van der Waals surface area contributed by atoms with E-state index in [1.54, 1.807) is 0 Å². The van der Waals surface area contributed by atoms with Crippen LogP contribution in [0.1, 0.15) is 156 Å². The van der Waals surface area contributed by atoms with E-state index in [9.17, 15) is 10.2 Å². The summed E-state index contributed by atoms with van der Waals surface area (Å²) in [4.78, 5) is 0. The van der Waals surface area contributed by atoms with Crippen LogP contribution in [0, 0.1) is 23.7 Å². The summed E-state index contributed by atoms with van der Waals surface area (Å²) in [5.41, 5.74) is 0.172. The SMILES string of the molecule is CC(C)[Si](O[C@H]1[C@H](C)[C@H]2O[C@H]3C[C@@H](C)C[C@H]4O[C@@](C)([C@H](O)CCO)[C@H](O[Si](C)(C)C(C)(C)C)C[C@@H]4O[C@@H]3C[C@@H]2O[C@@H]2[C@@H](C)[C@H](C)[C@@]3(C[C@H](O[Si](C)(C)C(C)(C)C)CO3)O[C@H]21)(C(C)C)C(C)C. The monoisotopic (exact) mass is 985 g/mol. The molecule has 6 rings (SSSR count). The van der Waals surface area contributed by atoms with Crippen LogP contribution in [-0.2, 0) is 41.7 Å². The third kappa shape index (κ3) is 10.4. The molecule has 0 aliphatic carbocycles. The first-order valence-corrected chi connectivity index (χ1v) is 34.5. The summed E-state index contributed by atoms with van der Waals surface area (Å²) in [5, 5.41) is 21.7. The lowest BCUT2D eigenvalue weighted by Crippen LogP contribution is -2.66. The molecule has 6 heterocycles. The van der Waals surface area contributed by atoms with Crippen molar-refractivity contribution in [1.82, 2.24) is 0 Å². The molecule has 0 radical (unpaired) electrons. The smallest absolute Gasteiger partial charge is 0.200 e. The van der Waals surface area contributed by atoms with Crippen molar-refractivity contribution in [3.63, 3.8) is 0 Å². The van der Waals surface area contributed by atoms with Gasteiger partial charge in [0.25, 0.3) is 0 Å². The van der Waals surface area contributed by atoms with Crippen molar-refractivity contribution in [2.75, 3.05) is 13.2 Å². The van der Waals surface area contributed by atoms with Gasteiger partial charge in [0.15, 0.2) is 22.4 Å². The van der Waals surface area contributed by atoms with Crippen LogP contribution in [0.3, 0.4) is 0 Å². The highest BCUT2D eigenvalue weighted by molar-refractivity contribution is 6.77. The molecule has 6 aliphatic heterocycles. The van der Waals surface area contributed by atoms with Crippen molar-refractivity contribution in [3.8, 4) is 0 Å². The van der Waals surface area contributed by atoms with E-state index in [0.717, 1.165) is 12.8 Å². The van der Waals surface area contributed by atoms with E-state index in [4.69, 9.17) is 41.7 Å². The second kappa shape index (κ2) is 19.9. The van der Waals surface area contributed by atoms with E-state index in [2.05, 4.69) is 137 Å². The molecule has 6 saturated heterocycles. The van der Waals surface area contributed by atoms with Crippen molar-refractivity contribution in [3.05, 3.63) is 0 Å². The summed E-state index contributed by atoms with van der Waals surface area (Å²) in [7, 11) is -6.82. The third-order valence-corrected chi connectivity index (χ3v) is 34.2. The lowest BCUT2D eigenvalue weighted by atomic mass is 9.75. The number of aliphatic hydroxyl groups is 2. The fourth-order valence-electron chi connectivity index (χ4n) is 12.9. The molecule has 0 aromatic carbocycles. The van der Waals surface area contributed by atoms with Gasteiger partial charge in [-0.2, -0.15) is 0 Å².